The predicted molar refractivity (Wildman–Crippen MR) is 67.3 cm³/mol. The molecule has 0 saturated carbocycles. The number of hydrogen-bond acceptors (Lipinski definition) is 6. The van der Waals surface area contributed by atoms with Gasteiger partial charge in [-0.25, -0.2) is 4.79 Å². The van der Waals surface area contributed by atoms with Gasteiger partial charge in [0.05, 0.1) is 18.3 Å². The first-order valence-electron chi connectivity index (χ1n) is 6.02. The van der Waals surface area contributed by atoms with E-state index >= 15 is 0 Å². The maximum Gasteiger partial charge on any atom is 0.338 e. The zero-order valence-electron chi connectivity index (χ0n) is 10.7. The van der Waals surface area contributed by atoms with Gasteiger partial charge >= 0.3 is 5.97 Å². The van der Waals surface area contributed by atoms with E-state index in [1.54, 1.807) is 6.92 Å². The van der Waals surface area contributed by atoms with Crippen LogP contribution in [0.25, 0.3) is 0 Å². The van der Waals surface area contributed by atoms with Crippen LogP contribution in [-0.2, 0) is 4.74 Å². The SMILES string of the molecule is CC(O)CCCCOC(=O)c1cc(O)c(O)c(O)c1. The lowest BCUT2D eigenvalue weighted by Gasteiger charge is -2.07. The molecule has 1 atom stereocenters. The highest BCUT2D eigenvalue weighted by Gasteiger charge is 2.14. The van der Waals surface area contributed by atoms with Crippen molar-refractivity contribution in [2.24, 2.45) is 0 Å². The number of phenolic OH excluding ortho intramolecular Hbond substituents is 3. The number of benzene rings is 1. The third kappa shape index (κ3) is 4.67. The Morgan fingerprint density at radius 1 is 1.21 bits per heavy atom. The molecule has 0 saturated heterocycles. The summed E-state index contributed by atoms with van der Waals surface area (Å²) in [7, 11) is 0. The molecule has 4 N–H and O–H groups in total. The van der Waals surface area contributed by atoms with Crippen molar-refractivity contribution >= 4 is 5.97 Å². The van der Waals surface area contributed by atoms with Crippen LogP contribution in [0, 0.1) is 0 Å². The van der Waals surface area contributed by atoms with Crippen molar-refractivity contribution in [3.8, 4) is 17.2 Å². The van der Waals surface area contributed by atoms with E-state index in [2.05, 4.69) is 0 Å². The third-order valence-corrected chi connectivity index (χ3v) is 2.55. The highest BCUT2D eigenvalue weighted by molar-refractivity contribution is 5.91. The smallest absolute Gasteiger partial charge is 0.338 e. The summed E-state index contributed by atoms with van der Waals surface area (Å²) in [6.45, 7) is 1.88. The maximum absolute atomic E-state index is 11.6. The molecule has 0 radical (unpaired) electrons. The average molecular weight is 270 g/mol. The number of carbonyl (C=O) groups excluding carboxylic acids is 1. The molecule has 0 fully saturated rings. The molecule has 1 rings (SSSR count). The number of aromatic hydroxyl groups is 3. The first kappa shape index (κ1) is 15.1. The third-order valence-electron chi connectivity index (χ3n) is 2.55. The summed E-state index contributed by atoms with van der Waals surface area (Å²) in [6.07, 6.45) is 1.61. The van der Waals surface area contributed by atoms with Crippen molar-refractivity contribution < 1.29 is 30.0 Å². The van der Waals surface area contributed by atoms with Gasteiger partial charge in [0, 0.05) is 0 Å². The van der Waals surface area contributed by atoms with Gasteiger partial charge in [-0.3, -0.25) is 0 Å². The number of hydrogen-bond donors (Lipinski definition) is 4. The highest BCUT2D eigenvalue weighted by Crippen LogP contribution is 2.35. The number of phenols is 3. The van der Waals surface area contributed by atoms with Crippen molar-refractivity contribution in [1.82, 2.24) is 0 Å². The minimum absolute atomic E-state index is 0.0386. The lowest BCUT2D eigenvalue weighted by atomic mass is 10.2. The Balaban J connectivity index is 2.46. The summed E-state index contributed by atoms with van der Waals surface area (Å²) in [5.41, 5.74) is -0.0386. The fraction of sp³-hybridized carbons (Fsp3) is 0.462. The molecule has 0 aliphatic carbocycles. The Bertz CT molecular complexity index is 418. The molecule has 0 aliphatic heterocycles. The Hall–Kier alpha value is -1.95. The lowest BCUT2D eigenvalue weighted by Crippen LogP contribution is -2.07. The van der Waals surface area contributed by atoms with Gasteiger partial charge in [0.1, 0.15) is 0 Å². The molecule has 106 valence electrons. The van der Waals surface area contributed by atoms with Crippen molar-refractivity contribution in [2.75, 3.05) is 6.61 Å². The molecule has 0 spiro atoms. The minimum Gasteiger partial charge on any atom is -0.504 e. The Morgan fingerprint density at radius 3 is 2.32 bits per heavy atom. The average Bonchev–Trinajstić information content (AvgIpc) is 2.34. The zero-order chi connectivity index (χ0) is 14.4. The van der Waals surface area contributed by atoms with E-state index in [4.69, 9.17) is 14.9 Å². The van der Waals surface area contributed by atoms with E-state index in [9.17, 15) is 15.0 Å². The number of carbonyl (C=O) groups is 1. The van der Waals surface area contributed by atoms with Gasteiger partial charge in [-0.2, -0.15) is 0 Å². The molecular weight excluding hydrogens is 252 g/mol. The fourth-order valence-electron chi connectivity index (χ4n) is 1.51. The number of ether oxygens (including phenoxy) is 1. The summed E-state index contributed by atoms with van der Waals surface area (Å²) >= 11 is 0. The normalized spacial score (nSPS) is 12.1. The van der Waals surface area contributed by atoms with E-state index in [1.807, 2.05) is 0 Å². The summed E-state index contributed by atoms with van der Waals surface area (Å²) < 4.78 is 4.94. The second-order valence-electron chi connectivity index (χ2n) is 4.34. The van der Waals surface area contributed by atoms with Crippen molar-refractivity contribution in [3.63, 3.8) is 0 Å². The quantitative estimate of drug-likeness (QED) is 0.354. The van der Waals surface area contributed by atoms with Crippen LogP contribution in [-0.4, -0.2) is 39.1 Å². The first-order chi connectivity index (χ1) is 8.91. The van der Waals surface area contributed by atoms with Crippen LogP contribution in [0.15, 0.2) is 12.1 Å². The molecule has 0 aliphatic rings. The van der Waals surface area contributed by atoms with E-state index < -0.39 is 23.2 Å². The molecule has 6 heteroatoms. The van der Waals surface area contributed by atoms with Crippen LogP contribution in [0.2, 0.25) is 0 Å². The van der Waals surface area contributed by atoms with Gasteiger partial charge in [-0.05, 0) is 38.3 Å². The number of rotatable bonds is 6. The molecular formula is C13H18O6. The van der Waals surface area contributed by atoms with Gasteiger partial charge in [0.2, 0.25) is 0 Å². The molecule has 0 heterocycles. The molecule has 0 bridgehead atoms. The number of aliphatic hydroxyl groups excluding tert-OH is 1. The second-order valence-corrected chi connectivity index (χ2v) is 4.34. The molecule has 1 aromatic rings. The van der Waals surface area contributed by atoms with Crippen molar-refractivity contribution in [1.29, 1.82) is 0 Å². The van der Waals surface area contributed by atoms with Gasteiger partial charge in [0.15, 0.2) is 17.2 Å². The van der Waals surface area contributed by atoms with Crippen LogP contribution in [0.3, 0.4) is 0 Å². The van der Waals surface area contributed by atoms with Gasteiger partial charge < -0.3 is 25.2 Å². The zero-order valence-corrected chi connectivity index (χ0v) is 10.7. The molecule has 1 aromatic carbocycles. The number of aliphatic hydroxyl groups is 1. The summed E-state index contributed by atoms with van der Waals surface area (Å²) in [4.78, 5) is 11.6. The van der Waals surface area contributed by atoms with Crippen LogP contribution in [0.5, 0.6) is 17.2 Å². The Labute approximate surface area is 110 Å². The van der Waals surface area contributed by atoms with Crippen LogP contribution >= 0.6 is 0 Å². The fourth-order valence-corrected chi connectivity index (χ4v) is 1.51. The number of esters is 1. The molecule has 19 heavy (non-hydrogen) atoms. The highest BCUT2D eigenvalue weighted by atomic mass is 16.5. The summed E-state index contributed by atoms with van der Waals surface area (Å²) in [6, 6.07) is 2.04. The predicted octanol–water partition coefficient (Wildman–Crippen LogP) is 1.51. The van der Waals surface area contributed by atoms with Gasteiger partial charge in [-0.1, -0.05) is 0 Å². The topological polar surface area (TPSA) is 107 Å². The standard InChI is InChI=1S/C13H18O6/c1-8(14)4-2-3-5-19-13(18)9-6-10(15)12(17)11(16)7-9/h6-8,14-17H,2-5H2,1H3. The van der Waals surface area contributed by atoms with Gasteiger partial charge in [-0.15, -0.1) is 0 Å². The Morgan fingerprint density at radius 2 is 1.79 bits per heavy atom. The molecule has 0 amide bonds. The second kappa shape index (κ2) is 6.84. The first-order valence-corrected chi connectivity index (χ1v) is 6.02. The number of unbranched alkanes of at least 4 members (excludes halogenated alkanes) is 1. The minimum atomic E-state index is -0.692. The lowest BCUT2D eigenvalue weighted by molar-refractivity contribution is 0.0493. The molecule has 1 unspecified atom stereocenters. The van der Waals surface area contributed by atoms with Crippen LogP contribution < -0.4 is 0 Å². The van der Waals surface area contributed by atoms with Crippen LogP contribution in [0.4, 0.5) is 0 Å². The van der Waals surface area contributed by atoms with E-state index in [0.29, 0.717) is 12.8 Å². The van der Waals surface area contributed by atoms with Crippen LogP contribution in [0.1, 0.15) is 36.5 Å². The van der Waals surface area contributed by atoms with Gasteiger partial charge in [0.25, 0.3) is 0 Å². The van der Waals surface area contributed by atoms with E-state index in [-0.39, 0.29) is 18.3 Å². The molecule has 0 aromatic heterocycles. The summed E-state index contributed by atoms with van der Waals surface area (Å²) in [5.74, 6) is -2.53. The van der Waals surface area contributed by atoms with Crippen molar-refractivity contribution in [2.45, 2.75) is 32.3 Å². The Kier molecular flexibility index (Phi) is 5.44. The molecule has 6 nitrogen and oxygen atoms in total. The maximum atomic E-state index is 11.6. The van der Waals surface area contributed by atoms with E-state index in [1.165, 1.54) is 0 Å². The monoisotopic (exact) mass is 270 g/mol. The summed E-state index contributed by atoms with van der Waals surface area (Å²) in [5, 5.41) is 36.7. The largest absolute Gasteiger partial charge is 0.504 e. The van der Waals surface area contributed by atoms with Crippen molar-refractivity contribution in [3.05, 3.63) is 17.7 Å². The van der Waals surface area contributed by atoms with E-state index in [0.717, 1.165) is 18.6 Å².